The summed E-state index contributed by atoms with van der Waals surface area (Å²) in [6.07, 6.45) is 3.30. The van der Waals surface area contributed by atoms with Crippen LogP contribution in [-0.4, -0.2) is 36.3 Å². The van der Waals surface area contributed by atoms with Crippen molar-refractivity contribution in [3.8, 4) is 17.0 Å². The molecule has 3 aromatic rings. The molecule has 0 radical (unpaired) electrons. The van der Waals surface area contributed by atoms with Crippen molar-refractivity contribution in [2.24, 2.45) is 0 Å². The van der Waals surface area contributed by atoms with Crippen molar-refractivity contribution in [2.45, 2.75) is 23.8 Å². The fourth-order valence-electron chi connectivity index (χ4n) is 3.47. The Morgan fingerprint density at radius 1 is 1.15 bits per heavy atom. The molecule has 2 heterocycles. The molecule has 1 aromatic heterocycles. The number of imidazole rings is 1. The zero-order chi connectivity index (χ0) is 18.9. The van der Waals surface area contributed by atoms with E-state index < -0.39 is 10.0 Å². The molecule has 7 heteroatoms. The summed E-state index contributed by atoms with van der Waals surface area (Å²) in [4.78, 5) is 8.10. The second-order valence-electron chi connectivity index (χ2n) is 6.50. The first kappa shape index (κ1) is 17.8. The third kappa shape index (κ3) is 3.36. The van der Waals surface area contributed by atoms with Crippen LogP contribution in [0.15, 0.2) is 65.7 Å². The molecule has 0 spiro atoms. The first-order chi connectivity index (χ1) is 13.1. The number of nitrogens with zero attached hydrogens (tertiary/aromatic N) is 2. The molecule has 1 aliphatic rings. The first-order valence-corrected chi connectivity index (χ1v) is 10.3. The number of nitrogens with one attached hydrogen (secondary N) is 1. The van der Waals surface area contributed by atoms with E-state index in [1.165, 1.54) is 0 Å². The van der Waals surface area contributed by atoms with Crippen LogP contribution < -0.4 is 4.74 Å². The minimum atomic E-state index is -3.55. The molecule has 6 nitrogen and oxygen atoms in total. The van der Waals surface area contributed by atoms with Gasteiger partial charge in [0, 0.05) is 12.1 Å². The average molecular weight is 383 g/mol. The number of aromatic nitrogens is 2. The molecule has 2 aromatic carbocycles. The molecule has 0 bridgehead atoms. The van der Waals surface area contributed by atoms with Gasteiger partial charge in [-0.1, -0.05) is 30.3 Å². The molecule has 1 fully saturated rings. The molecular weight excluding hydrogens is 362 g/mol. The van der Waals surface area contributed by atoms with Crippen LogP contribution >= 0.6 is 0 Å². The SMILES string of the molecule is COc1cccc(-c2cnc(C3CCCN3S(=O)(=O)c3ccccc3)[nH]2)c1. The number of H-pyrrole nitrogens is 1. The Morgan fingerprint density at radius 2 is 1.96 bits per heavy atom. The lowest BCUT2D eigenvalue weighted by atomic mass is 10.1. The highest BCUT2D eigenvalue weighted by Crippen LogP contribution is 2.36. The molecule has 1 atom stereocenters. The number of rotatable bonds is 5. The molecule has 140 valence electrons. The van der Waals surface area contributed by atoms with Crippen molar-refractivity contribution in [1.29, 1.82) is 0 Å². The minimum absolute atomic E-state index is 0.283. The Bertz CT molecular complexity index is 1030. The topological polar surface area (TPSA) is 75.3 Å². The van der Waals surface area contributed by atoms with Gasteiger partial charge in [0.1, 0.15) is 11.6 Å². The van der Waals surface area contributed by atoms with Crippen molar-refractivity contribution in [2.75, 3.05) is 13.7 Å². The molecule has 1 N–H and O–H groups in total. The van der Waals surface area contributed by atoms with Crippen molar-refractivity contribution in [3.63, 3.8) is 0 Å². The van der Waals surface area contributed by atoms with E-state index in [4.69, 9.17) is 4.74 Å². The van der Waals surface area contributed by atoms with E-state index >= 15 is 0 Å². The lowest BCUT2D eigenvalue weighted by Crippen LogP contribution is -2.31. The molecule has 0 aliphatic carbocycles. The van der Waals surface area contributed by atoms with Crippen molar-refractivity contribution >= 4 is 10.0 Å². The smallest absolute Gasteiger partial charge is 0.243 e. The summed E-state index contributed by atoms with van der Waals surface area (Å²) in [5, 5.41) is 0. The quantitative estimate of drug-likeness (QED) is 0.730. The molecular formula is C20H21N3O3S. The summed E-state index contributed by atoms with van der Waals surface area (Å²) < 4.78 is 32.9. The van der Waals surface area contributed by atoms with Crippen LogP contribution in [0, 0.1) is 0 Å². The number of aromatic amines is 1. The number of hydrogen-bond acceptors (Lipinski definition) is 4. The van der Waals surface area contributed by atoms with Crippen LogP contribution in [0.25, 0.3) is 11.3 Å². The Balaban J connectivity index is 1.64. The molecule has 1 aliphatic heterocycles. The number of ether oxygens (including phenoxy) is 1. The molecule has 4 rings (SSSR count). The first-order valence-electron chi connectivity index (χ1n) is 8.86. The van der Waals surface area contributed by atoms with E-state index in [0.29, 0.717) is 17.3 Å². The third-order valence-corrected chi connectivity index (χ3v) is 6.77. The number of sulfonamides is 1. The lowest BCUT2D eigenvalue weighted by molar-refractivity contribution is 0.385. The molecule has 1 saturated heterocycles. The normalized spacial score (nSPS) is 17.9. The minimum Gasteiger partial charge on any atom is -0.497 e. The van der Waals surface area contributed by atoms with Gasteiger partial charge in [0.05, 0.1) is 29.9 Å². The number of hydrogen-bond donors (Lipinski definition) is 1. The maximum atomic E-state index is 13.0. The summed E-state index contributed by atoms with van der Waals surface area (Å²) in [5.41, 5.74) is 1.79. The van der Waals surface area contributed by atoms with Crippen LogP contribution in [0.4, 0.5) is 0 Å². The van der Waals surface area contributed by atoms with Crippen molar-refractivity contribution < 1.29 is 13.2 Å². The maximum absolute atomic E-state index is 13.0. The Labute approximate surface area is 158 Å². The Kier molecular flexibility index (Phi) is 4.72. The highest BCUT2D eigenvalue weighted by molar-refractivity contribution is 7.89. The highest BCUT2D eigenvalue weighted by atomic mass is 32.2. The summed E-state index contributed by atoms with van der Waals surface area (Å²) in [5.74, 6) is 1.43. The van der Waals surface area contributed by atoms with Crippen LogP contribution in [0.1, 0.15) is 24.7 Å². The predicted octanol–water partition coefficient (Wildman–Crippen LogP) is 3.61. The summed E-state index contributed by atoms with van der Waals surface area (Å²) in [7, 11) is -1.92. The zero-order valence-electron chi connectivity index (χ0n) is 15.0. The average Bonchev–Trinajstić information content (AvgIpc) is 3.38. The fraction of sp³-hybridized carbons (Fsp3) is 0.250. The molecule has 0 saturated carbocycles. The second-order valence-corrected chi connectivity index (χ2v) is 8.39. The van der Waals surface area contributed by atoms with Crippen LogP contribution in [0.3, 0.4) is 0 Å². The van der Waals surface area contributed by atoms with Gasteiger partial charge < -0.3 is 9.72 Å². The van der Waals surface area contributed by atoms with Gasteiger partial charge in [0.2, 0.25) is 10.0 Å². The van der Waals surface area contributed by atoms with E-state index in [1.54, 1.807) is 41.9 Å². The Morgan fingerprint density at radius 3 is 2.74 bits per heavy atom. The van der Waals surface area contributed by atoms with Crippen LogP contribution in [0.2, 0.25) is 0 Å². The standard InChI is InChI=1S/C20H21N3O3S/c1-26-16-8-5-7-15(13-16)18-14-21-20(22-18)19-11-6-12-23(19)27(24,25)17-9-3-2-4-10-17/h2-5,7-10,13-14,19H,6,11-12H2,1H3,(H,21,22). The van der Waals surface area contributed by atoms with Gasteiger partial charge in [-0.2, -0.15) is 4.31 Å². The largest absolute Gasteiger partial charge is 0.497 e. The highest BCUT2D eigenvalue weighted by Gasteiger charge is 2.37. The van der Waals surface area contributed by atoms with Gasteiger partial charge in [0.15, 0.2) is 0 Å². The van der Waals surface area contributed by atoms with Crippen LogP contribution in [0.5, 0.6) is 5.75 Å². The van der Waals surface area contributed by atoms with E-state index in [1.807, 2.05) is 30.3 Å². The van der Waals surface area contributed by atoms with Gasteiger partial charge in [-0.15, -0.1) is 0 Å². The van der Waals surface area contributed by atoms with Gasteiger partial charge in [0.25, 0.3) is 0 Å². The maximum Gasteiger partial charge on any atom is 0.243 e. The second kappa shape index (κ2) is 7.17. The van der Waals surface area contributed by atoms with Crippen LogP contribution in [-0.2, 0) is 10.0 Å². The van der Waals surface area contributed by atoms with E-state index in [0.717, 1.165) is 29.8 Å². The van der Waals surface area contributed by atoms with E-state index in [2.05, 4.69) is 9.97 Å². The summed E-state index contributed by atoms with van der Waals surface area (Å²) >= 11 is 0. The molecule has 27 heavy (non-hydrogen) atoms. The van der Waals surface area contributed by atoms with E-state index in [9.17, 15) is 8.42 Å². The zero-order valence-corrected chi connectivity index (χ0v) is 15.8. The fourth-order valence-corrected chi connectivity index (χ4v) is 5.15. The third-order valence-electron chi connectivity index (χ3n) is 4.85. The lowest BCUT2D eigenvalue weighted by Gasteiger charge is -2.22. The number of methoxy groups -OCH3 is 1. The number of benzene rings is 2. The molecule has 0 amide bonds. The van der Waals surface area contributed by atoms with Gasteiger partial charge in [-0.3, -0.25) is 0 Å². The monoisotopic (exact) mass is 383 g/mol. The molecule has 1 unspecified atom stereocenters. The van der Waals surface area contributed by atoms with Gasteiger partial charge in [-0.05, 0) is 37.1 Å². The van der Waals surface area contributed by atoms with Crippen molar-refractivity contribution in [3.05, 3.63) is 66.6 Å². The predicted molar refractivity (Wildman–Crippen MR) is 103 cm³/mol. The van der Waals surface area contributed by atoms with E-state index in [-0.39, 0.29) is 6.04 Å². The van der Waals surface area contributed by atoms with Crippen molar-refractivity contribution in [1.82, 2.24) is 14.3 Å². The summed E-state index contributed by atoms with van der Waals surface area (Å²) in [6.45, 7) is 0.497. The summed E-state index contributed by atoms with van der Waals surface area (Å²) in [6, 6.07) is 16.0. The van der Waals surface area contributed by atoms with Gasteiger partial charge >= 0.3 is 0 Å². The van der Waals surface area contributed by atoms with Gasteiger partial charge in [-0.25, -0.2) is 13.4 Å². The Hall–Kier alpha value is -2.64.